The second-order valence-corrected chi connectivity index (χ2v) is 12.6. The van der Waals surface area contributed by atoms with Crippen molar-refractivity contribution < 1.29 is 28.6 Å². The van der Waals surface area contributed by atoms with Gasteiger partial charge in [-0.2, -0.15) is 0 Å². The molecule has 3 saturated heterocycles. The molecule has 1 aromatic heterocycles. The number of anilines is 1. The fraction of sp³-hybridized carbons (Fsp3) is 0.759. The maximum Gasteiger partial charge on any atom is 0.410 e. The number of aromatic nitrogens is 2. The van der Waals surface area contributed by atoms with Crippen molar-refractivity contribution in [2.75, 3.05) is 37.6 Å². The number of amides is 3. The molecule has 3 fully saturated rings. The van der Waals surface area contributed by atoms with E-state index < -0.39 is 11.7 Å². The minimum Gasteiger partial charge on any atom is -0.487 e. The summed E-state index contributed by atoms with van der Waals surface area (Å²) in [6, 6.07) is -0.506. The summed E-state index contributed by atoms with van der Waals surface area (Å²) in [5.74, 6) is 1.51. The molecule has 4 rings (SSSR count). The smallest absolute Gasteiger partial charge is 0.410 e. The quantitative estimate of drug-likeness (QED) is 0.520. The lowest BCUT2D eigenvalue weighted by atomic mass is 9.92. The molecule has 12 heteroatoms. The van der Waals surface area contributed by atoms with E-state index in [1.807, 2.05) is 51.3 Å². The van der Waals surface area contributed by atoms with Crippen molar-refractivity contribution in [3.8, 4) is 5.75 Å². The number of likely N-dealkylation sites (tertiary alicyclic amines) is 2. The van der Waals surface area contributed by atoms with Crippen LogP contribution in [0.2, 0.25) is 0 Å². The van der Waals surface area contributed by atoms with Crippen LogP contribution in [0.5, 0.6) is 5.75 Å². The Bertz CT molecular complexity index is 1050. The number of carbonyl (C=O) groups is 3. The molecule has 0 radical (unpaired) electrons. The third-order valence-corrected chi connectivity index (χ3v) is 7.77. The zero-order chi connectivity index (χ0) is 29.7. The first-order valence-electron chi connectivity index (χ1n) is 14.9. The monoisotopic (exact) mass is 574 g/mol. The fourth-order valence-electron chi connectivity index (χ4n) is 5.72. The molecule has 3 amide bonds. The molecule has 41 heavy (non-hydrogen) atoms. The van der Waals surface area contributed by atoms with E-state index in [9.17, 15) is 14.4 Å². The Kier molecular flexibility index (Phi) is 9.80. The van der Waals surface area contributed by atoms with E-state index in [-0.39, 0.29) is 36.3 Å². The van der Waals surface area contributed by atoms with Crippen LogP contribution in [-0.2, 0) is 14.3 Å². The number of rotatable bonds is 7. The predicted molar refractivity (Wildman–Crippen MR) is 153 cm³/mol. The third-order valence-electron chi connectivity index (χ3n) is 7.77. The van der Waals surface area contributed by atoms with Gasteiger partial charge in [-0.1, -0.05) is 0 Å². The fourth-order valence-corrected chi connectivity index (χ4v) is 5.72. The second kappa shape index (κ2) is 13.1. The first-order valence-corrected chi connectivity index (χ1v) is 14.9. The van der Waals surface area contributed by atoms with Crippen LogP contribution in [0, 0.1) is 5.92 Å². The van der Waals surface area contributed by atoms with Crippen LogP contribution in [0.25, 0.3) is 0 Å². The molecule has 3 unspecified atom stereocenters. The van der Waals surface area contributed by atoms with Crippen molar-refractivity contribution in [3.05, 3.63) is 12.4 Å². The molecule has 4 heterocycles. The van der Waals surface area contributed by atoms with Crippen molar-refractivity contribution in [2.24, 2.45) is 5.92 Å². The van der Waals surface area contributed by atoms with E-state index in [0.717, 1.165) is 25.7 Å². The number of ether oxygens (including phenoxy) is 3. The molecule has 1 N–H and O–H groups in total. The highest BCUT2D eigenvalue weighted by Gasteiger charge is 2.41. The van der Waals surface area contributed by atoms with Gasteiger partial charge in [0.15, 0.2) is 5.75 Å². The predicted octanol–water partition coefficient (Wildman–Crippen LogP) is 3.60. The molecule has 0 spiro atoms. The zero-order valence-electron chi connectivity index (χ0n) is 25.3. The zero-order valence-corrected chi connectivity index (χ0v) is 25.3. The van der Waals surface area contributed by atoms with Gasteiger partial charge in [-0.3, -0.25) is 4.79 Å². The van der Waals surface area contributed by atoms with Crippen LogP contribution in [-0.4, -0.2) is 100 Å². The number of nitrogens with one attached hydrogen (secondary N) is 1. The summed E-state index contributed by atoms with van der Waals surface area (Å²) in [5.41, 5.74) is -0.620. The Morgan fingerprint density at radius 2 is 1.71 bits per heavy atom. The molecule has 0 aliphatic carbocycles. The maximum absolute atomic E-state index is 12.7. The lowest BCUT2D eigenvalue weighted by molar-refractivity contribution is -0.135. The van der Waals surface area contributed by atoms with Crippen LogP contribution in [0.15, 0.2) is 12.4 Å². The summed E-state index contributed by atoms with van der Waals surface area (Å²) in [6.45, 7) is 14.2. The van der Waals surface area contributed by atoms with Crippen LogP contribution >= 0.6 is 0 Å². The van der Waals surface area contributed by atoms with Crippen molar-refractivity contribution in [2.45, 2.75) is 104 Å². The SMILES string of the molecule is CC(C)OC(=O)N1CCC(C(C)Oc2cnc(N3CC(NC(=O)OC(C)(C)C)C(N4CCCCC4=O)C3)nc2)CC1. The summed E-state index contributed by atoms with van der Waals surface area (Å²) in [7, 11) is 0. The van der Waals surface area contributed by atoms with Crippen LogP contribution in [0.4, 0.5) is 15.5 Å². The van der Waals surface area contributed by atoms with Crippen LogP contribution in [0.1, 0.15) is 73.6 Å². The Morgan fingerprint density at radius 3 is 2.32 bits per heavy atom. The Balaban J connectivity index is 1.35. The van der Waals surface area contributed by atoms with Crippen LogP contribution < -0.4 is 15.0 Å². The van der Waals surface area contributed by atoms with Gasteiger partial charge in [0, 0.05) is 39.1 Å². The molecule has 12 nitrogen and oxygen atoms in total. The van der Waals surface area contributed by atoms with Gasteiger partial charge in [-0.15, -0.1) is 0 Å². The molecule has 3 aliphatic heterocycles. The average molecular weight is 575 g/mol. The highest BCUT2D eigenvalue weighted by atomic mass is 16.6. The van der Waals surface area contributed by atoms with Crippen LogP contribution in [0.3, 0.4) is 0 Å². The number of piperidine rings is 2. The lowest BCUT2D eigenvalue weighted by Crippen LogP contribution is -2.54. The van der Waals surface area contributed by atoms with E-state index in [1.54, 1.807) is 17.3 Å². The summed E-state index contributed by atoms with van der Waals surface area (Å²) in [6.07, 6.45) is 6.44. The number of alkyl carbamates (subject to hydrolysis) is 1. The van der Waals surface area contributed by atoms with E-state index in [0.29, 0.717) is 56.8 Å². The first-order chi connectivity index (χ1) is 19.4. The van der Waals surface area contributed by atoms with Gasteiger partial charge < -0.3 is 34.2 Å². The normalized spacial score (nSPS) is 23.0. The van der Waals surface area contributed by atoms with E-state index in [4.69, 9.17) is 14.2 Å². The summed E-state index contributed by atoms with van der Waals surface area (Å²) >= 11 is 0. The molecule has 1 aromatic rings. The van der Waals surface area contributed by atoms with Crippen molar-refractivity contribution in [1.29, 1.82) is 0 Å². The maximum atomic E-state index is 12.7. The van der Waals surface area contributed by atoms with Gasteiger partial charge in [-0.05, 0) is 73.1 Å². The minimum atomic E-state index is -0.620. The largest absolute Gasteiger partial charge is 0.487 e. The molecule has 0 saturated carbocycles. The number of nitrogens with zero attached hydrogens (tertiary/aromatic N) is 5. The van der Waals surface area contributed by atoms with Crippen molar-refractivity contribution in [3.63, 3.8) is 0 Å². The third kappa shape index (κ3) is 8.36. The first kappa shape index (κ1) is 30.6. The Labute approximate surface area is 243 Å². The number of hydrogen-bond acceptors (Lipinski definition) is 9. The highest BCUT2D eigenvalue weighted by molar-refractivity contribution is 5.78. The van der Waals surface area contributed by atoms with Gasteiger partial charge in [0.05, 0.1) is 36.7 Å². The molecule has 3 atom stereocenters. The van der Waals surface area contributed by atoms with Gasteiger partial charge >= 0.3 is 12.2 Å². The summed E-state index contributed by atoms with van der Waals surface area (Å²) in [5, 5.41) is 2.99. The van der Waals surface area contributed by atoms with Crippen molar-refractivity contribution >= 4 is 24.0 Å². The molecule has 3 aliphatic rings. The van der Waals surface area contributed by atoms with E-state index in [2.05, 4.69) is 15.3 Å². The number of hydrogen-bond donors (Lipinski definition) is 1. The highest BCUT2D eigenvalue weighted by Crippen LogP contribution is 2.27. The summed E-state index contributed by atoms with van der Waals surface area (Å²) in [4.78, 5) is 52.3. The van der Waals surface area contributed by atoms with E-state index >= 15 is 0 Å². The molecule has 228 valence electrons. The molecular weight excluding hydrogens is 528 g/mol. The van der Waals surface area contributed by atoms with Gasteiger partial charge in [0.2, 0.25) is 11.9 Å². The minimum absolute atomic E-state index is 0.0589. The second-order valence-electron chi connectivity index (χ2n) is 12.6. The Hall–Kier alpha value is -3.31. The van der Waals surface area contributed by atoms with Crippen molar-refractivity contribution in [1.82, 2.24) is 25.1 Å². The molecule has 0 bridgehead atoms. The standard InChI is InChI=1S/C29H46N6O6/c1-19(2)39-28(38)33-13-10-21(11-14-33)20(3)40-22-15-30-26(31-16-22)34-17-23(32-27(37)41-29(4,5)6)24(18-34)35-12-8-7-9-25(35)36/h15-16,19-21,23-24H,7-14,17-18H2,1-6H3,(H,32,37). The molecule has 0 aromatic carbocycles. The lowest BCUT2D eigenvalue weighted by Gasteiger charge is -2.35. The molecular formula is C29H46N6O6. The van der Waals surface area contributed by atoms with E-state index in [1.165, 1.54) is 0 Å². The Morgan fingerprint density at radius 1 is 1.02 bits per heavy atom. The summed E-state index contributed by atoms with van der Waals surface area (Å²) < 4.78 is 17.0. The van der Waals surface area contributed by atoms with Gasteiger partial charge in [0.25, 0.3) is 0 Å². The number of carbonyl (C=O) groups excluding carboxylic acids is 3. The van der Waals surface area contributed by atoms with Gasteiger partial charge in [0.1, 0.15) is 5.60 Å². The van der Waals surface area contributed by atoms with Gasteiger partial charge in [-0.25, -0.2) is 19.6 Å². The topological polar surface area (TPSA) is 126 Å². The average Bonchev–Trinajstić information content (AvgIpc) is 3.31.